The van der Waals surface area contributed by atoms with Crippen LogP contribution in [-0.4, -0.2) is 11.1 Å². The molecular weight excluding hydrogens is 236 g/mol. The number of carboxylic acids is 1. The summed E-state index contributed by atoms with van der Waals surface area (Å²) < 4.78 is 0. The lowest BCUT2D eigenvalue weighted by Crippen LogP contribution is -2.13. The zero-order valence-electron chi connectivity index (χ0n) is 9.63. The minimum atomic E-state index is -0.709. The van der Waals surface area contributed by atoms with E-state index >= 15 is 0 Å². The topological polar surface area (TPSA) is 37.3 Å². The molecule has 17 heavy (non-hydrogen) atoms. The van der Waals surface area contributed by atoms with Crippen LogP contribution in [0.3, 0.4) is 0 Å². The van der Waals surface area contributed by atoms with E-state index in [1.807, 2.05) is 6.07 Å². The lowest BCUT2D eigenvalue weighted by atomic mass is 9.90. The number of rotatable bonds is 3. The lowest BCUT2D eigenvalue weighted by molar-refractivity contribution is -0.137. The van der Waals surface area contributed by atoms with E-state index in [1.165, 1.54) is 17.5 Å². The molecule has 0 amide bonds. The highest BCUT2D eigenvalue weighted by Crippen LogP contribution is 2.52. The van der Waals surface area contributed by atoms with Gasteiger partial charge in [0.25, 0.3) is 0 Å². The standard InChI is InChI=1S/C14H15ClO2/c15-12-7-10(6-9-2-1-3-11(9)12)14(4-5-14)8-13(16)17/h6-7H,1-5,8H2,(H,16,17). The van der Waals surface area contributed by atoms with Gasteiger partial charge in [0.15, 0.2) is 0 Å². The largest absolute Gasteiger partial charge is 0.481 e. The van der Waals surface area contributed by atoms with E-state index in [9.17, 15) is 4.79 Å². The van der Waals surface area contributed by atoms with Crippen molar-refractivity contribution >= 4 is 17.6 Å². The van der Waals surface area contributed by atoms with Crippen molar-refractivity contribution in [3.8, 4) is 0 Å². The Labute approximate surface area is 106 Å². The molecule has 0 saturated heterocycles. The second-order valence-electron chi connectivity index (χ2n) is 5.30. The maximum atomic E-state index is 10.9. The number of aliphatic carboxylic acids is 1. The average molecular weight is 251 g/mol. The zero-order valence-corrected chi connectivity index (χ0v) is 10.4. The van der Waals surface area contributed by atoms with Crippen molar-refractivity contribution in [2.24, 2.45) is 0 Å². The van der Waals surface area contributed by atoms with Gasteiger partial charge in [0.2, 0.25) is 0 Å². The van der Waals surface area contributed by atoms with Crippen LogP contribution in [0.1, 0.15) is 42.4 Å². The van der Waals surface area contributed by atoms with Gasteiger partial charge in [-0.2, -0.15) is 0 Å². The molecule has 90 valence electrons. The van der Waals surface area contributed by atoms with Crippen molar-refractivity contribution in [2.45, 2.75) is 43.9 Å². The Balaban J connectivity index is 1.99. The van der Waals surface area contributed by atoms with Crippen LogP contribution in [-0.2, 0) is 23.1 Å². The first-order valence-corrected chi connectivity index (χ1v) is 6.52. The average Bonchev–Trinajstić information content (AvgIpc) is 2.87. The predicted molar refractivity (Wildman–Crippen MR) is 66.6 cm³/mol. The molecule has 0 unspecified atom stereocenters. The first-order chi connectivity index (χ1) is 8.11. The van der Waals surface area contributed by atoms with Gasteiger partial charge in [0, 0.05) is 10.4 Å². The Morgan fingerprint density at radius 3 is 2.76 bits per heavy atom. The Kier molecular flexibility index (Phi) is 2.44. The van der Waals surface area contributed by atoms with Gasteiger partial charge >= 0.3 is 5.97 Å². The molecule has 1 N–H and O–H groups in total. The highest BCUT2D eigenvalue weighted by molar-refractivity contribution is 6.31. The summed E-state index contributed by atoms with van der Waals surface area (Å²) in [6, 6.07) is 4.20. The molecule has 0 spiro atoms. The van der Waals surface area contributed by atoms with Gasteiger partial charge in [-0.15, -0.1) is 0 Å². The Bertz CT molecular complexity index is 489. The second-order valence-corrected chi connectivity index (χ2v) is 5.71. The third kappa shape index (κ3) is 1.85. The third-order valence-electron chi connectivity index (χ3n) is 4.12. The van der Waals surface area contributed by atoms with Crippen molar-refractivity contribution in [1.29, 1.82) is 0 Å². The number of aryl methyl sites for hydroxylation is 1. The van der Waals surface area contributed by atoms with Gasteiger partial charge in [-0.3, -0.25) is 4.79 Å². The van der Waals surface area contributed by atoms with Crippen LogP contribution >= 0.6 is 11.6 Å². The summed E-state index contributed by atoms with van der Waals surface area (Å²) in [6.07, 6.45) is 5.53. The zero-order chi connectivity index (χ0) is 12.0. The number of benzene rings is 1. The number of carbonyl (C=O) groups is 1. The molecule has 1 saturated carbocycles. The van der Waals surface area contributed by atoms with Crippen LogP contribution < -0.4 is 0 Å². The van der Waals surface area contributed by atoms with E-state index < -0.39 is 5.97 Å². The number of carboxylic acid groups (broad SMARTS) is 1. The molecule has 3 heteroatoms. The molecule has 0 atom stereocenters. The molecule has 2 nitrogen and oxygen atoms in total. The number of hydrogen-bond acceptors (Lipinski definition) is 1. The maximum absolute atomic E-state index is 10.9. The van der Waals surface area contributed by atoms with Gasteiger partial charge in [0.05, 0.1) is 6.42 Å². The first-order valence-electron chi connectivity index (χ1n) is 6.14. The first kappa shape index (κ1) is 11.1. The monoisotopic (exact) mass is 250 g/mol. The minimum absolute atomic E-state index is 0.118. The van der Waals surface area contributed by atoms with Crippen molar-refractivity contribution in [1.82, 2.24) is 0 Å². The minimum Gasteiger partial charge on any atom is -0.481 e. The van der Waals surface area contributed by atoms with Gasteiger partial charge in [0.1, 0.15) is 0 Å². The van der Waals surface area contributed by atoms with E-state index in [-0.39, 0.29) is 11.8 Å². The van der Waals surface area contributed by atoms with Crippen molar-refractivity contribution in [2.75, 3.05) is 0 Å². The molecule has 0 aromatic heterocycles. The van der Waals surface area contributed by atoms with Gasteiger partial charge in [-0.1, -0.05) is 17.7 Å². The maximum Gasteiger partial charge on any atom is 0.304 e. The smallest absolute Gasteiger partial charge is 0.304 e. The molecule has 2 aliphatic rings. The lowest BCUT2D eigenvalue weighted by Gasteiger charge is -2.15. The fraction of sp³-hybridized carbons (Fsp3) is 0.500. The van der Waals surface area contributed by atoms with E-state index in [0.717, 1.165) is 36.3 Å². The van der Waals surface area contributed by atoms with Crippen LogP contribution in [0.2, 0.25) is 5.02 Å². The molecule has 0 aliphatic heterocycles. The highest BCUT2D eigenvalue weighted by atomic mass is 35.5. The summed E-state index contributed by atoms with van der Waals surface area (Å²) in [6.45, 7) is 0. The van der Waals surface area contributed by atoms with Crippen LogP contribution in [0, 0.1) is 0 Å². The summed E-state index contributed by atoms with van der Waals surface area (Å²) in [5, 5.41) is 9.82. The summed E-state index contributed by atoms with van der Waals surface area (Å²) in [4.78, 5) is 10.9. The number of fused-ring (bicyclic) bond motifs is 1. The predicted octanol–water partition coefficient (Wildman–Crippen LogP) is 3.34. The van der Waals surface area contributed by atoms with Gasteiger partial charge < -0.3 is 5.11 Å². The Morgan fingerprint density at radius 2 is 2.12 bits per heavy atom. The van der Waals surface area contributed by atoms with Crippen molar-refractivity contribution < 1.29 is 9.90 Å². The summed E-state index contributed by atoms with van der Waals surface area (Å²) in [5.74, 6) is -0.709. The molecule has 1 aromatic rings. The molecule has 1 aromatic carbocycles. The fourth-order valence-electron chi connectivity index (χ4n) is 2.97. The van der Waals surface area contributed by atoms with E-state index in [0.29, 0.717) is 0 Å². The molecule has 3 rings (SSSR count). The molecule has 0 bridgehead atoms. The summed E-state index contributed by atoms with van der Waals surface area (Å²) in [7, 11) is 0. The molecule has 1 fully saturated rings. The van der Waals surface area contributed by atoms with Crippen LogP contribution in [0.25, 0.3) is 0 Å². The SMILES string of the molecule is O=C(O)CC1(c2cc(Cl)c3c(c2)CCC3)CC1. The summed E-state index contributed by atoms with van der Waals surface area (Å²) >= 11 is 6.30. The molecule has 0 radical (unpaired) electrons. The normalized spacial score (nSPS) is 20.1. The van der Waals surface area contributed by atoms with Crippen LogP contribution in [0.4, 0.5) is 0 Å². The summed E-state index contributed by atoms with van der Waals surface area (Å²) in [5.41, 5.74) is 3.64. The van der Waals surface area contributed by atoms with Crippen LogP contribution in [0.5, 0.6) is 0 Å². The molecule has 2 aliphatic carbocycles. The number of halogens is 1. The van der Waals surface area contributed by atoms with E-state index in [2.05, 4.69) is 6.07 Å². The third-order valence-corrected chi connectivity index (χ3v) is 4.45. The van der Waals surface area contributed by atoms with Crippen molar-refractivity contribution in [3.05, 3.63) is 33.8 Å². The quantitative estimate of drug-likeness (QED) is 0.894. The van der Waals surface area contributed by atoms with Crippen molar-refractivity contribution in [3.63, 3.8) is 0 Å². The van der Waals surface area contributed by atoms with E-state index in [1.54, 1.807) is 0 Å². The van der Waals surface area contributed by atoms with Gasteiger partial charge in [-0.25, -0.2) is 0 Å². The second kappa shape index (κ2) is 3.74. The van der Waals surface area contributed by atoms with E-state index in [4.69, 9.17) is 16.7 Å². The molecule has 0 heterocycles. The molecular formula is C14H15ClO2. The van der Waals surface area contributed by atoms with Crippen LogP contribution in [0.15, 0.2) is 12.1 Å². The Morgan fingerprint density at radius 1 is 1.35 bits per heavy atom. The Hall–Kier alpha value is -1.02. The fourth-order valence-corrected chi connectivity index (χ4v) is 3.30. The van der Waals surface area contributed by atoms with Gasteiger partial charge in [-0.05, 0) is 54.9 Å². The highest BCUT2D eigenvalue weighted by Gasteiger charge is 2.46. The number of hydrogen-bond donors (Lipinski definition) is 1.